The molecule has 0 unspecified atom stereocenters. The maximum atomic E-state index is 9.23. The predicted molar refractivity (Wildman–Crippen MR) is 61.9 cm³/mol. The summed E-state index contributed by atoms with van der Waals surface area (Å²) >= 11 is 0. The number of nitrogens with zero attached hydrogens (tertiary/aromatic N) is 1. The second kappa shape index (κ2) is 5.73. The molecule has 0 saturated heterocycles. The summed E-state index contributed by atoms with van der Waals surface area (Å²) in [6, 6.07) is 8.04. The molecule has 0 radical (unpaired) electrons. The van der Waals surface area contributed by atoms with E-state index in [4.69, 9.17) is 5.11 Å². The van der Waals surface area contributed by atoms with E-state index in [2.05, 4.69) is 18.7 Å². The molecule has 0 fully saturated rings. The first-order valence-electron chi connectivity index (χ1n) is 5.27. The van der Waals surface area contributed by atoms with Gasteiger partial charge in [0.2, 0.25) is 0 Å². The molecule has 3 heteroatoms. The number of rotatable bonds is 5. The Morgan fingerprint density at radius 3 is 2.40 bits per heavy atom. The van der Waals surface area contributed by atoms with Crippen LogP contribution in [0.1, 0.15) is 19.4 Å². The maximum absolute atomic E-state index is 9.23. The standard InChI is InChI=1S/C12H19NO2/c1-10(2)13(7-8-14)12-6-4-3-5-11(12)9-15/h3-6,10,14-15H,7-9H2,1-2H3. The molecule has 0 heterocycles. The highest BCUT2D eigenvalue weighted by molar-refractivity contribution is 5.54. The van der Waals surface area contributed by atoms with E-state index in [1.165, 1.54) is 0 Å². The highest BCUT2D eigenvalue weighted by Gasteiger charge is 2.12. The van der Waals surface area contributed by atoms with Crippen molar-refractivity contribution in [3.63, 3.8) is 0 Å². The van der Waals surface area contributed by atoms with Crippen molar-refractivity contribution in [1.29, 1.82) is 0 Å². The minimum atomic E-state index is 0.0326. The van der Waals surface area contributed by atoms with Gasteiger partial charge in [-0.05, 0) is 19.9 Å². The lowest BCUT2D eigenvalue weighted by Crippen LogP contribution is -2.34. The van der Waals surface area contributed by atoms with Crippen LogP contribution in [0.25, 0.3) is 0 Å². The SMILES string of the molecule is CC(C)N(CCO)c1ccccc1CO. The average molecular weight is 209 g/mol. The van der Waals surface area contributed by atoms with Crippen LogP contribution in [0.15, 0.2) is 24.3 Å². The zero-order valence-electron chi connectivity index (χ0n) is 9.35. The van der Waals surface area contributed by atoms with Crippen molar-refractivity contribution < 1.29 is 10.2 Å². The number of aliphatic hydroxyl groups is 2. The molecule has 0 aliphatic rings. The van der Waals surface area contributed by atoms with Gasteiger partial charge in [-0.2, -0.15) is 0 Å². The monoisotopic (exact) mass is 209 g/mol. The highest BCUT2D eigenvalue weighted by Crippen LogP contribution is 2.22. The Labute approximate surface area is 91.0 Å². The molecule has 0 aromatic heterocycles. The Hall–Kier alpha value is -1.06. The normalized spacial score (nSPS) is 10.7. The Bertz CT molecular complexity index is 299. The van der Waals surface area contributed by atoms with Gasteiger partial charge in [0.15, 0.2) is 0 Å². The van der Waals surface area contributed by atoms with E-state index in [1.807, 2.05) is 24.3 Å². The molecule has 0 bridgehead atoms. The molecule has 1 aromatic carbocycles. The van der Waals surface area contributed by atoms with Gasteiger partial charge in [-0.3, -0.25) is 0 Å². The van der Waals surface area contributed by atoms with Gasteiger partial charge in [0.1, 0.15) is 0 Å². The zero-order valence-corrected chi connectivity index (χ0v) is 9.35. The highest BCUT2D eigenvalue weighted by atomic mass is 16.3. The summed E-state index contributed by atoms with van der Waals surface area (Å²) in [7, 11) is 0. The Morgan fingerprint density at radius 2 is 1.87 bits per heavy atom. The Balaban J connectivity index is 2.98. The molecule has 1 aromatic rings. The third-order valence-electron chi connectivity index (χ3n) is 2.44. The van der Waals surface area contributed by atoms with Crippen LogP contribution >= 0.6 is 0 Å². The van der Waals surface area contributed by atoms with Crippen LogP contribution < -0.4 is 4.90 Å². The van der Waals surface area contributed by atoms with Crippen molar-refractivity contribution in [3.05, 3.63) is 29.8 Å². The fourth-order valence-corrected chi connectivity index (χ4v) is 1.69. The quantitative estimate of drug-likeness (QED) is 0.770. The molecule has 15 heavy (non-hydrogen) atoms. The summed E-state index contributed by atoms with van der Waals surface area (Å²) in [6.07, 6.45) is 0. The van der Waals surface area contributed by atoms with E-state index in [0.717, 1.165) is 11.3 Å². The van der Waals surface area contributed by atoms with Gasteiger partial charge in [-0.25, -0.2) is 0 Å². The average Bonchev–Trinajstić information content (AvgIpc) is 2.25. The van der Waals surface area contributed by atoms with Gasteiger partial charge in [0, 0.05) is 23.8 Å². The van der Waals surface area contributed by atoms with E-state index >= 15 is 0 Å². The third-order valence-corrected chi connectivity index (χ3v) is 2.44. The molecule has 0 spiro atoms. The van der Waals surface area contributed by atoms with Crippen LogP contribution in [0.3, 0.4) is 0 Å². The smallest absolute Gasteiger partial charge is 0.0702 e. The zero-order chi connectivity index (χ0) is 11.3. The minimum absolute atomic E-state index is 0.0326. The van der Waals surface area contributed by atoms with E-state index in [1.54, 1.807) is 0 Å². The number of benzene rings is 1. The van der Waals surface area contributed by atoms with Crippen LogP contribution in [-0.4, -0.2) is 29.4 Å². The molecule has 84 valence electrons. The lowest BCUT2D eigenvalue weighted by Gasteiger charge is -2.30. The lowest BCUT2D eigenvalue weighted by molar-refractivity contribution is 0.280. The molecule has 3 nitrogen and oxygen atoms in total. The summed E-state index contributed by atoms with van der Waals surface area (Å²) in [4.78, 5) is 2.09. The number of hydrogen-bond acceptors (Lipinski definition) is 3. The first-order chi connectivity index (χ1) is 7.20. The van der Waals surface area contributed by atoms with Crippen LogP contribution in [0, 0.1) is 0 Å². The van der Waals surface area contributed by atoms with Crippen molar-refractivity contribution in [1.82, 2.24) is 0 Å². The number of para-hydroxylation sites is 1. The van der Waals surface area contributed by atoms with Gasteiger partial charge in [0.05, 0.1) is 13.2 Å². The lowest BCUT2D eigenvalue weighted by atomic mass is 10.1. The van der Waals surface area contributed by atoms with Gasteiger partial charge < -0.3 is 15.1 Å². The van der Waals surface area contributed by atoms with E-state index in [-0.39, 0.29) is 13.2 Å². The van der Waals surface area contributed by atoms with Crippen molar-refractivity contribution >= 4 is 5.69 Å². The Morgan fingerprint density at radius 1 is 1.20 bits per heavy atom. The fourth-order valence-electron chi connectivity index (χ4n) is 1.69. The minimum Gasteiger partial charge on any atom is -0.395 e. The largest absolute Gasteiger partial charge is 0.395 e. The molecule has 0 atom stereocenters. The topological polar surface area (TPSA) is 43.7 Å². The second-order valence-electron chi connectivity index (χ2n) is 3.80. The van der Waals surface area contributed by atoms with Gasteiger partial charge >= 0.3 is 0 Å². The van der Waals surface area contributed by atoms with Crippen LogP contribution in [-0.2, 0) is 6.61 Å². The molecule has 2 N–H and O–H groups in total. The fraction of sp³-hybridized carbons (Fsp3) is 0.500. The number of hydrogen-bond donors (Lipinski definition) is 2. The second-order valence-corrected chi connectivity index (χ2v) is 3.80. The predicted octanol–water partition coefficient (Wildman–Crippen LogP) is 1.39. The van der Waals surface area contributed by atoms with Crippen molar-refractivity contribution in [3.8, 4) is 0 Å². The van der Waals surface area contributed by atoms with Gasteiger partial charge in [-0.1, -0.05) is 18.2 Å². The third kappa shape index (κ3) is 2.94. The molecule has 0 saturated carbocycles. The van der Waals surface area contributed by atoms with E-state index < -0.39 is 0 Å². The molecule has 0 amide bonds. The van der Waals surface area contributed by atoms with E-state index in [0.29, 0.717) is 12.6 Å². The number of aliphatic hydroxyl groups excluding tert-OH is 2. The van der Waals surface area contributed by atoms with Crippen molar-refractivity contribution in [2.24, 2.45) is 0 Å². The van der Waals surface area contributed by atoms with Crippen LogP contribution in [0.5, 0.6) is 0 Å². The first-order valence-corrected chi connectivity index (χ1v) is 5.27. The molecule has 1 rings (SSSR count). The van der Waals surface area contributed by atoms with E-state index in [9.17, 15) is 5.11 Å². The van der Waals surface area contributed by atoms with Gasteiger partial charge in [-0.15, -0.1) is 0 Å². The molecular weight excluding hydrogens is 190 g/mol. The Kier molecular flexibility index (Phi) is 4.59. The van der Waals surface area contributed by atoms with Gasteiger partial charge in [0.25, 0.3) is 0 Å². The molecule has 0 aliphatic carbocycles. The summed E-state index contributed by atoms with van der Waals surface area (Å²) in [6.45, 7) is 4.89. The first kappa shape index (κ1) is 12.0. The number of anilines is 1. The van der Waals surface area contributed by atoms with Crippen molar-refractivity contribution in [2.45, 2.75) is 26.5 Å². The maximum Gasteiger partial charge on any atom is 0.0702 e. The summed E-state index contributed by atoms with van der Waals surface area (Å²) in [5, 5.41) is 18.2. The summed E-state index contributed by atoms with van der Waals surface area (Å²) < 4.78 is 0. The summed E-state index contributed by atoms with van der Waals surface area (Å²) in [5.74, 6) is 0. The van der Waals surface area contributed by atoms with Crippen LogP contribution in [0.4, 0.5) is 5.69 Å². The summed E-state index contributed by atoms with van der Waals surface area (Å²) in [5.41, 5.74) is 1.91. The van der Waals surface area contributed by atoms with Crippen molar-refractivity contribution in [2.75, 3.05) is 18.1 Å². The molecule has 0 aliphatic heterocycles. The van der Waals surface area contributed by atoms with Crippen LogP contribution in [0.2, 0.25) is 0 Å². The molecular formula is C12H19NO2.